The van der Waals surface area contributed by atoms with Crippen LogP contribution in [-0.2, 0) is 4.79 Å². The summed E-state index contributed by atoms with van der Waals surface area (Å²) in [6, 6.07) is 0. The minimum atomic E-state index is -0.0604. The summed E-state index contributed by atoms with van der Waals surface area (Å²) in [5, 5.41) is 0. The molecule has 4 heteroatoms. The Balaban J connectivity index is 3.40. The Morgan fingerprint density at radius 1 is 1.60 bits per heavy atom. The van der Waals surface area contributed by atoms with Gasteiger partial charge in [-0.2, -0.15) is 0 Å². The zero-order valence-corrected chi connectivity index (χ0v) is 6.77. The molecule has 0 bridgehead atoms. The molecule has 0 radical (unpaired) electrons. The third kappa shape index (κ3) is 4.21. The molecule has 2 N–H and O–H groups in total. The van der Waals surface area contributed by atoms with E-state index in [0.717, 1.165) is 0 Å². The molecule has 0 heterocycles. The van der Waals surface area contributed by atoms with Gasteiger partial charge in [0.15, 0.2) is 0 Å². The Hall–Kier alpha value is -0.700. The van der Waals surface area contributed by atoms with Crippen molar-refractivity contribution in [3.8, 4) is 0 Å². The maximum atomic E-state index is 10.8. The van der Waals surface area contributed by atoms with Crippen LogP contribution in [0.4, 0.5) is 0 Å². The molecule has 0 aromatic heterocycles. The van der Waals surface area contributed by atoms with E-state index in [1.807, 2.05) is 0 Å². The maximum absolute atomic E-state index is 10.8. The summed E-state index contributed by atoms with van der Waals surface area (Å²) < 4.78 is 0. The Labute approximate surface area is 65.4 Å². The molecule has 10 heavy (non-hydrogen) atoms. The number of hydrogen-bond donors (Lipinski definition) is 2. The molecule has 0 spiro atoms. The van der Waals surface area contributed by atoms with Crippen molar-refractivity contribution in [3.05, 3.63) is 11.7 Å². The van der Waals surface area contributed by atoms with E-state index in [1.165, 1.54) is 11.7 Å². The van der Waals surface area contributed by atoms with Gasteiger partial charge < -0.3 is 5.43 Å². The second-order valence-corrected chi connectivity index (χ2v) is 2.33. The number of rotatable bonds is 3. The van der Waals surface area contributed by atoms with Crippen molar-refractivity contribution in [1.29, 1.82) is 0 Å². The van der Waals surface area contributed by atoms with Crippen LogP contribution in [0.2, 0.25) is 0 Å². The van der Waals surface area contributed by atoms with Gasteiger partial charge in [0.2, 0.25) is 5.91 Å². The second-order valence-electron chi connectivity index (χ2n) is 2.08. The van der Waals surface area contributed by atoms with Gasteiger partial charge >= 0.3 is 0 Å². The lowest BCUT2D eigenvalue weighted by Crippen LogP contribution is -2.36. The van der Waals surface area contributed by atoms with Gasteiger partial charge in [0.1, 0.15) is 0 Å². The highest BCUT2D eigenvalue weighted by atomic mass is 35.5. The van der Waals surface area contributed by atoms with E-state index in [4.69, 9.17) is 11.6 Å². The first kappa shape index (κ1) is 9.30. The SMILES string of the molecule is CC(C)C(=O)NNC=CCl. The van der Waals surface area contributed by atoms with Crippen LogP contribution in [0.3, 0.4) is 0 Å². The van der Waals surface area contributed by atoms with Gasteiger partial charge in [-0.15, -0.1) is 0 Å². The first-order valence-corrected chi connectivity index (χ1v) is 3.42. The molecule has 0 aromatic rings. The number of hydrogen-bond acceptors (Lipinski definition) is 2. The van der Waals surface area contributed by atoms with Crippen molar-refractivity contribution in [2.45, 2.75) is 13.8 Å². The van der Waals surface area contributed by atoms with E-state index < -0.39 is 0 Å². The van der Waals surface area contributed by atoms with E-state index in [1.54, 1.807) is 13.8 Å². The van der Waals surface area contributed by atoms with Crippen LogP contribution in [0.15, 0.2) is 11.7 Å². The molecular formula is C6H11ClN2O. The fourth-order valence-corrected chi connectivity index (χ4v) is 0.352. The van der Waals surface area contributed by atoms with E-state index in [0.29, 0.717) is 0 Å². The monoisotopic (exact) mass is 162 g/mol. The fraction of sp³-hybridized carbons (Fsp3) is 0.500. The first-order valence-electron chi connectivity index (χ1n) is 2.99. The van der Waals surface area contributed by atoms with Gasteiger partial charge in [0, 0.05) is 17.7 Å². The molecule has 0 saturated carbocycles. The summed E-state index contributed by atoms with van der Waals surface area (Å²) in [6.07, 6.45) is 1.43. The van der Waals surface area contributed by atoms with Gasteiger partial charge in [-0.05, 0) is 0 Å². The molecule has 0 aliphatic carbocycles. The Morgan fingerprint density at radius 3 is 2.60 bits per heavy atom. The highest BCUT2D eigenvalue weighted by Gasteiger charge is 2.02. The largest absolute Gasteiger partial charge is 0.305 e. The van der Waals surface area contributed by atoms with E-state index >= 15 is 0 Å². The van der Waals surface area contributed by atoms with E-state index in [9.17, 15) is 4.79 Å². The molecule has 0 atom stereocenters. The fourth-order valence-electron chi connectivity index (χ4n) is 0.289. The Bertz CT molecular complexity index is 134. The minimum absolute atomic E-state index is 0.0174. The van der Waals surface area contributed by atoms with Crippen LogP contribution in [-0.4, -0.2) is 5.91 Å². The molecular weight excluding hydrogens is 152 g/mol. The summed E-state index contributed by atoms with van der Waals surface area (Å²) >= 11 is 5.17. The lowest BCUT2D eigenvalue weighted by Gasteiger charge is -2.05. The zero-order chi connectivity index (χ0) is 7.98. The average molecular weight is 163 g/mol. The topological polar surface area (TPSA) is 41.1 Å². The third-order valence-electron chi connectivity index (χ3n) is 0.866. The third-order valence-corrected chi connectivity index (χ3v) is 0.992. The molecule has 0 aliphatic heterocycles. The highest BCUT2D eigenvalue weighted by molar-refractivity contribution is 6.25. The molecule has 0 fully saturated rings. The average Bonchev–Trinajstić information content (AvgIpc) is 1.88. The number of carbonyl (C=O) groups excluding carboxylic acids is 1. The number of carbonyl (C=O) groups is 1. The van der Waals surface area contributed by atoms with Crippen molar-refractivity contribution >= 4 is 17.5 Å². The maximum Gasteiger partial charge on any atom is 0.240 e. The number of hydrazine groups is 1. The summed E-state index contributed by atoms with van der Waals surface area (Å²) in [7, 11) is 0. The predicted molar refractivity (Wildman–Crippen MR) is 41.1 cm³/mol. The van der Waals surface area contributed by atoms with Crippen LogP contribution >= 0.6 is 11.6 Å². The number of halogens is 1. The quantitative estimate of drug-likeness (QED) is 0.608. The zero-order valence-electron chi connectivity index (χ0n) is 6.02. The van der Waals surface area contributed by atoms with Crippen LogP contribution < -0.4 is 10.9 Å². The van der Waals surface area contributed by atoms with Gasteiger partial charge in [-0.1, -0.05) is 25.4 Å². The van der Waals surface area contributed by atoms with E-state index in [-0.39, 0.29) is 11.8 Å². The smallest absolute Gasteiger partial charge is 0.240 e. The van der Waals surface area contributed by atoms with Gasteiger partial charge in [0.05, 0.1) is 0 Å². The van der Waals surface area contributed by atoms with Crippen molar-refractivity contribution in [2.75, 3.05) is 0 Å². The normalized spacial score (nSPS) is 10.4. The minimum Gasteiger partial charge on any atom is -0.305 e. The standard InChI is InChI=1S/C6H11ClN2O/c1-5(2)6(10)9-8-4-3-7/h3-5,8H,1-2H3,(H,9,10). The molecule has 1 amide bonds. The molecule has 3 nitrogen and oxygen atoms in total. The summed E-state index contributed by atoms with van der Waals surface area (Å²) in [6.45, 7) is 3.61. The van der Waals surface area contributed by atoms with Gasteiger partial charge in [-0.25, -0.2) is 0 Å². The lowest BCUT2D eigenvalue weighted by molar-refractivity contribution is -0.124. The molecule has 0 aromatic carbocycles. The molecule has 0 aliphatic rings. The lowest BCUT2D eigenvalue weighted by atomic mass is 10.2. The molecule has 0 rings (SSSR count). The predicted octanol–water partition coefficient (Wildman–Crippen LogP) is 0.973. The van der Waals surface area contributed by atoms with E-state index in [2.05, 4.69) is 10.9 Å². The molecule has 0 unspecified atom stereocenters. The number of amides is 1. The van der Waals surface area contributed by atoms with Crippen LogP contribution in [0.5, 0.6) is 0 Å². The Kier molecular flexibility index (Phi) is 4.76. The van der Waals surface area contributed by atoms with Crippen molar-refractivity contribution < 1.29 is 4.79 Å². The summed E-state index contributed by atoms with van der Waals surface area (Å²) in [5.74, 6) is -0.0778. The molecule has 0 saturated heterocycles. The van der Waals surface area contributed by atoms with Crippen molar-refractivity contribution in [2.24, 2.45) is 5.92 Å². The molecule has 58 valence electrons. The van der Waals surface area contributed by atoms with Crippen LogP contribution in [0.1, 0.15) is 13.8 Å². The van der Waals surface area contributed by atoms with Gasteiger partial charge in [-0.3, -0.25) is 10.2 Å². The van der Waals surface area contributed by atoms with Crippen LogP contribution in [0, 0.1) is 5.92 Å². The van der Waals surface area contributed by atoms with Crippen molar-refractivity contribution in [3.63, 3.8) is 0 Å². The highest BCUT2D eigenvalue weighted by Crippen LogP contribution is 1.88. The van der Waals surface area contributed by atoms with Crippen LogP contribution in [0.25, 0.3) is 0 Å². The summed E-state index contributed by atoms with van der Waals surface area (Å²) in [5.41, 5.74) is 6.21. The second kappa shape index (κ2) is 5.11. The number of nitrogens with one attached hydrogen (secondary N) is 2. The van der Waals surface area contributed by atoms with Crippen molar-refractivity contribution in [1.82, 2.24) is 10.9 Å². The summed E-state index contributed by atoms with van der Waals surface area (Å²) in [4.78, 5) is 10.8. The van der Waals surface area contributed by atoms with Gasteiger partial charge in [0.25, 0.3) is 0 Å². The Morgan fingerprint density at radius 2 is 2.20 bits per heavy atom. The first-order chi connectivity index (χ1) is 4.68.